The first kappa shape index (κ1) is 12.0. The van der Waals surface area contributed by atoms with E-state index in [1.807, 2.05) is 6.07 Å². The molecule has 0 aromatic heterocycles. The van der Waals surface area contributed by atoms with Crippen LogP contribution in [-0.2, 0) is 6.42 Å². The maximum atomic E-state index is 13.3. The first-order valence-electron chi connectivity index (χ1n) is 5.52. The maximum absolute atomic E-state index is 13.3. The van der Waals surface area contributed by atoms with E-state index in [1.165, 1.54) is 12.5 Å². The van der Waals surface area contributed by atoms with E-state index in [4.69, 9.17) is 5.84 Å². The number of hydrazine groups is 1. The van der Waals surface area contributed by atoms with E-state index in [9.17, 15) is 4.39 Å². The van der Waals surface area contributed by atoms with Crippen molar-refractivity contribution in [1.82, 2.24) is 5.43 Å². The fourth-order valence-electron chi connectivity index (χ4n) is 2.19. The van der Waals surface area contributed by atoms with Crippen molar-refractivity contribution in [1.29, 1.82) is 0 Å². The molecule has 3 unspecified atom stereocenters. The lowest BCUT2D eigenvalue weighted by Gasteiger charge is -2.16. The highest BCUT2D eigenvalue weighted by Crippen LogP contribution is 2.41. The van der Waals surface area contributed by atoms with E-state index in [0.29, 0.717) is 10.4 Å². The van der Waals surface area contributed by atoms with Crippen LogP contribution in [-0.4, -0.2) is 6.04 Å². The number of benzene rings is 1. The maximum Gasteiger partial charge on any atom is 0.137 e. The van der Waals surface area contributed by atoms with Crippen molar-refractivity contribution in [2.24, 2.45) is 17.7 Å². The predicted octanol–water partition coefficient (Wildman–Crippen LogP) is 2.62. The fourth-order valence-corrected chi connectivity index (χ4v) is 2.61. The Bertz CT molecular complexity index is 383. The Morgan fingerprint density at radius 3 is 2.88 bits per heavy atom. The number of nitrogens with one attached hydrogen (secondary N) is 1. The zero-order valence-corrected chi connectivity index (χ0v) is 10.8. The Morgan fingerprint density at radius 2 is 2.31 bits per heavy atom. The third kappa shape index (κ3) is 2.44. The molecule has 1 aromatic carbocycles. The summed E-state index contributed by atoms with van der Waals surface area (Å²) in [5.41, 5.74) is 3.82. The molecule has 0 amide bonds. The minimum absolute atomic E-state index is 0.211. The van der Waals surface area contributed by atoms with Crippen LogP contribution in [0.25, 0.3) is 0 Å². The molecule has 0 spiro atoms. The third-order valence-corrected chi connectivity index (χ3v) is 4.26. The smallest absolute Gasteiger partial charge is 0.137 e. The van der Waals surface area contributed by atoms with E-state index < -0.39 is 0 Å². The van der Waals surface area contributed by atoms with Gasteiger partial charge in [0, 0.05) is 6.04 Å². The molecule has 0 saturated heterocycles. The summed E-state index contributed by atoms with van der Waals surface area (Å²) in [5, 5.41) is 0. The van der Waals surface area contributed by atoms with Crippen LogP contribution in [0.3, 0.4) is 0 Å². The number of halogens is 2. The molecule has 1 aromatic rings. The van der Waals surface area contributed by atoms with Gasteiger partial charge in [-0.1, -0.05) is 19.1 Å². The molecule has 0 heterocycles. The first-order chi connectivity index (χ1) is 7.63. The van der Waals surface area contributed by atoms with Gasteiger partial charge in [0.15, 0.2) is 0 Å². The zero-order chi connectivity index (χ0) is 11.7. The second-order valence-corrected chi connectivity index (χ2v) is 5.36. The lowest BCUT2D eigenvalue weighted by molar-refractivity contribution is 0.452. The Kier molecular flexibility index (Phi) is 3.62. The van der Waals surface area contributed by atoms with E-state index in [-0.39, 0.29) is 11.9 Å². The summed E-state index contributed by atoms with van der Waals surface area (Å²) in [7, 11) is 0. The number of rotatable bonds is 4. The molecule has 16 heavy (non-hydrogen) atoms. The lowest BCUT2D eigenvalue weighted by Crippen LogP contribution is -2.39. The molecule has 1 aliphatic carbocycles. The molecule has 1 aliphatic rings. The van der Waals surface area contributed by atoms with Gasteiger partial charge in [0.2, 0.25) is 0 Å². The van der Waals surface area contributed by atoms with Gasteiger partial charge < -0.3 is 0 Å². The van der Waals surface area contributed by atoms with Gasteiger partial charge in [-0.2, -0.15) is 0 Å². The monoisotopic (exact) mass is 286 g/mol. The van der Waals surface area contributed by atoms with Crippen LogP contribution >= 0.6 is 15.9 Å². The van der Waals surface area contributed by atoms with Crippen molar-refractivity contribution < 1.29 is 4.39 Å². The summed E-state index contributed by atoms with van der Waals surface area (Å²) in [6, 6.07) is 5.37. The van der Waals surface area contributed by atoms with Gasteiger partial charge in [-0.3, -0.25) is 11.3 Å². The van der Waals surface area contributed by atoms with Crippen molar-refractivity contribution in [2.45, 2.75) is 25.8 Å². The van der Waals surface area contributed by atoms with Crippen LogP contribution in [0.15, 0.2) is 22.7 Å². The molecule has 1 fully saturated rings. The standard InChI is InChI=1S/C12H16BrFN2/c1-7-5-9(7)11(16-15)6-8-3-2-4-10(14)12(8)13/h2-4,7,9,11,16H,5-6,15H2,1H3. The highest BCUT2D eigenvalue weighted by molar-refractivity contribution is 9.10. The number of nitrogens with two attached hydrogens (primary N) is 1. The molecular weight excluding hydrogens is 271 g/mol. The van der Waals surface area contributed by atoms with Gasteiger partial charge in [0.05, 0.1) is 4.47 Å². The van der Waals surface area contributed by atoms with Crippen LogP contribution in [0, 0.1) is 17.7 Å². The SMILES string of the molecule is CC1CC1C(Cc1cccc(F)c1Br)NN. The summed E-state index contributed by atoms with van der Waals surface area (Å²) in [4.78, 5) is 0. The van der Waals surface area contributed by atoms with Crippen molar-refractivity contribution >= 4 is 15.9 Å². The highest BCUT2D eigenvalue weighted by Gasteiger charge is 2.39. The van der Waals surface area contributed by atoms with Crippen LogP contribution in [0.2, 0.25) is 0 Å². The normalized spacial score (nSPS) is 25.5. The third-order valence-electron chi connectivity index (χ3n) is 3.37. The van der Waals surface area contributed by atoms with Gasteiger partial charge in [-0.05, 0) is 52.2 Å². The van der Waals surface area contributed by atoms with Crippen LogP contribution in [0.5, 0.6) is 0 Å². The molecule has 1 saturated carbocycles. The van der Waals surface area contributed by atoms with E-state index in [2.05, 4.69) is 28.3 Å². The highest BCUT2D eigenvalue weighted by atomic mass is 79.9. The van der Waals surface area contributed by atoms with E-state index in [0.717, 1.165) is 17.9 Å². The van der Waals surface area contributed by atoms with E-state index in [1.54, 1.807) is 6.07 Å². The Balaban J connectivity index is 2.10. The Labute approximate surface area is 104 Å². The molecule has 2 rings (SSSR count). The Morgan fingerprint density at radius 1 is 1.62 bits per heavy atom. The number of hydrogen-bond donors (Lipinski definition) is 2. The molecule has 4 heteroatoms. The lowest BCUT2D eigenvalue weighted by atomic mass is 10.0. The molecule has 3 atom stereocenters. The summed E-state index contributed by atoms with van der Waals surface area (Å²) in [6.07, 6.45) is 1.98. The van der Waals surface area contributed by atoms with Crippen molar-refractivity contribution in [3.8, 4) is 0 Å². The quantitative estimate of drug-likeness (QED) is 0.660. The van der Waals surface area contributed by atoms with Crippen LogP contribution < -0.4 is 11.3 Å². The van der Waals surface area contributed by atoms with E-state index >= 15 is 0 Å². The average Bonchev–Trinajstić information content (AvgIpc) is 2.98. The summed E-state index contributed by atoms with van der Waals surface area (Å²) in [5.74, 6) is 6.70. The van der Waals surface area contributed by atoms with Crippen LogP contribution in [0.4, 0.5) is 4.39 Å². The summed E-state index contributed by atoms with van der Waals surface area (Å²) >= 11 is 3.28. The summed E-state index contributed by atoms with van der Waals surface area (Å²) in [6.45, 7) is 2.22. The minimum Gasteiger partial charge on any atom is -0.271 e. The molecule has 2 nitrogen and oxygen atoms in total. The van der Waals surface area contributed by atoms with Crippen LogP contribution in [0.1, 0.15) is 18.9 Å². The van der Waals surface area contributed by atoms with Crippen molar-refractivity contribution in [3.63, 3.8) is 0 Å². The second-order valence-electron chi connectivity index (χ2n) is 4.57. The first-order valence-corrected chi connectivity index (χ1v) is 6.31. The molecule has 0 bridgehead atoms. The predicted molar refractivity (Wildman–Crippen MR) is 66.2 cm³/mol. The van der Waals surface area contributed by atoms with Gasteiger partial charge >= 0.3 is 0 Å². The van der Waals surface area contributed by atoms with Gasteiger partial charge in [0.1, 0.15) is 5.82 Å². The molecular formula is C12H16BrFN2. The van der Waals surface area contributed by atoms with Crippen molar-refractivity contribution in [2.75, 3.05) is 0 Å². The topological polar surface area (TPSA) is 38.0 Å². The average molecular weight is 287 g/mol. The Hall–Kier alpha value is -0.450. The molecule has 0 radical (unpaired) electrons. The van der Waals surface area contributed by atoms with Crippen molar-refractivity contribution in [3.05, 3.63) is 34.1 Å². The zero-order valence-electron chi connectivity index (χ0n) is 9.21. The van der Waals surface area contributed by atoms with Gasteiger partial charge in [-0.25, -0.2) is 4.39 Å². The van der Waals surface area contributed by atoms with Gasteiger partial charge in [0.25, 0.3) is 0 Å². The molecule has 88 valence electrons. The second kappa shape index (κ2) is 4.82. The summed E-state index contributed by atoms with van der Waals surface area (Å²) < 4.78 is 13.9. The van der Waals surface area contributed by atoms with Gasteiger partial charge in [-0.15, -0.1) is 0 Å². The molecule has 0 aliphatic heterocycles. The fraction of sp³-hybridized carbons (Fsp3) is 0.500. The minimum atomic E-state index is -0.211. The number of hydrogen-bond acceptors (Lipinski definition) is 2. The largest absolute Gasteiger partial charge is 0.271 e. The molecule has 3 N–H and O–H groups in total.